The van der Waals surface area contributed by atoms with Crippen LogP contribution >= 0.6 is 7.14 Å². The van der Waals surface area contributed by atoms with Gasteiger partial charge in [-0.1, -0.05) is 140 Å². The molecule has 9 aromatic carbocycles. The number of rotatable bonds is 5. The second-order valence-corrected chi connectivity index (χ2v) is 16.8. The van der Waals surface area contributed by atoms with Gasteiger partial charge in [-0.05, 0) is 76.5 Å². The van der Waals surface area contributed by atoms with Crippen LogP contribution in [0.25, 0.3) is 60.2 Å². The van der Waals surface area contributed by atoms with Gasteiger partial charge in [0, 0.05) is 43.1 Å². The van der Waals surface area contributed by atoms with E-state index in [-0.39, 0.29) is 0 Å². The molecule has 10 aromatic rings. The van der Waals surface area contributed by atoms with Crippen molar-refractivity contribution in [3.05, 3.63) is 194 Å². The highest BCUT2D eigenvalue weighted by atomic mass is 31.2. The molecule has 260 valence electrons. The number of benzene rings is 9. The summed E-state index contributed by atoms with van der Waals surface area (Å²) in [5.74, 6) is 2.82. The standard InChI is InChI=1S/C50H32NO3P/c52-55(36-17-6-2-7-18-36,37-19-8-3-9-20-37)38-26-28-46-44(31-38)43-30-34(24-27-45(43)51(46)35-15-4-1-5-16-35)42-32-48-50(41-23-13-12-22-40(41)42)54-49-39-21-11-10-14-33(39)25-29-47(49)53-48/h1-32H. The van der Waals surface area contributed by atoms with E-state index in [1.165, 1.54) is 0 Å². The van der Waals surface area contributed by atoms with Crippen molar-refractivity contribution < 1.29 is 14.0 Å². The van der Waals surface area contributed by atoms with E-state index in [0.717, 1.165) is 81.8 Å². The molecule has 1 aliphatic heterocycles. The van der Waals surface area contributed by atoms with Crippen molar-refractivity contribution >= 4 is 66.4 Å². The Bertz CT molecular complexity index is 3130. The van der Waals surface area contributed by atoms with Gasteiger partial charge in [-0.3, -0.25) is 0 Å². The molecule has 55 heavy (non-hydrogen) atoms. The highest BCUT2D eigenvalue weighted by molar-refractivity contribution is 7.85. The Kier molecular flexibility index (Phi) is 7.10. The first kappa shape index (κ1) is 31.6. The van der Waals surface area contributed by atoms with Gasteiger partial charge in [-0.25, -0.2) is 0 Å². The van der Waals surface area contributed by atoms with E-state index >= 15 is 4.57 Å². The molecule has 0 amide bonds. The highest BCUT2D eigenvalue weighted by Gasteiger charge is 2.31. The van der Waals surface area contributed by atoms with Crippen LogP contribution in [0.2, 0.25) is 0 Å². The van der Waals surface area contributed by atoms with Gasteiger partial charge in [0.1, 0.15) is 0 Å². The third-order valence-electron chi connectivity index (χ3n) is 10.9. The summed E-state index contributed by atoms with van der Waals surface area (Å²) < 4.78 is 31.3. The quantitative estimate of drug-likeness (QED) is 0.166. The summed E-state index contributed by atoms with van der Waals surface area (Å²) in [6.45, 7) is 0. The lowest BCUT2D eigenvalue weighted by atomic mass is 9.95. The maximum atomic E-state index is 15.6. The number of hydrogen-bond donors (Lipinski definition) is 0. The Hall–Kier alpha value is -6.87. The van der Waals surface area contributed by atoms with E-state index in [4.69, 9.17) is 9.47 Å². The van der Waals surface area contributed by atoms with Crippen LogP contribution in [0, 0.1) is 0 Å². The molecule has 0 aliphatic carbocycles. The number of aromatic nitrogens is 1. The maximum Gasteiger partial charge on any atom is 0.178 e. The Balaban J connectivity index is 1.14. The largest absolute Gasteiger partial charge is 0.449 e. The van der Waals surface area contributed by atoms with Gasteiger partial charge in [0.15, 0.2) is 30.1 Å². The molecule has 0 radical (unpaired) electrons. The Morgan fingerprint density at radius 3 is 1.71 bits per heavy atom. The zero-order valence-electron chi connectivity index (χ0n) is 29.6. The molecule has 0 saturated heterocycles. The lowest BCUT2D eigenvalue weighted by molar-refractivity contribution is 0.367. The van der Waals surface area contributed by atoms with E-state index in [1.54, 1.807) is 0 Å². The molecule has 4 nitrogen and oxygen atoms in total. The lowest BCUT2D eigenvalue weighted by Gasteiger charge is -2.24. The van der Waals surface area contributed by atoms with Gasteiger partial charge in [0.05, 0.1) is 11.0 Å². The Morgan fingerprint density at radius 2 is 0.982 bits per heavy atom. The van der Waals surface area contributed by atoms with Crippen molar-refractivity contribution in [3.63, 3.8) is 0 Å². The van der Waals surface area contributed by atoms with E-state index in [9.17, 15) is 0 Å². The summed E-state index contributed by atoms with van der Waals surface area (Å²) in [5.41, 5.74) is 5.27. The number of para-hydroxylation sites is 1. The molecule has 1 aliphatic rings. The molecule has 0 atom stereocenters. The molecule has 1 aromatic heterocycles. The smallest absolute Gasteiger partial charge is 0.178 e. The molecule has 11 rings (SSSR count). The van der Waals surface area contributed by atoms with Crippen molar-refractivity contribution in [1.29, 1.82) is 0 Å². The minimum Gasteiger partial charge on any atom is -0.449 e. The zero-order chi connectivity index (χ0) is 36.5. The summed E-state index contributed by atoms with van der Waals surface area (Å²) in [6.07, 6.45) is 0. The van der Waals surface area contributed by atoms with Crippen LogP contribution < -0.4 is 25.4 Å². The fraction of sp³-hybridized carbons (Fsp3) is 0. The van der Waals surface area contributed by atoms with Crippen LogP contribution in [0.3, 0.4) is 0 Å². The van der Waals surface area contributed by atoms with E-state index in [2.05, 4.69) is 108 Å². The minimum atomic E-state index is -3.22. The molecule has 0 bridgehead atoms. The van der Waals surface area contributed by atoms with Gasteiger partial charge >= 0.3 is 0 Å². The average molecular weight is 726 g/mol. The van der Waals surface area contributed by atoms with Crippen molar-refractivity contribution in [3.8, 4) is 39.8 Å². The normalized spacial score (nSPS) is 12.4. The van der Waals surface area contributed by atoms with Crippen molar-refractivity contribution in [2.75, 3.05) is 0 Å². The van der Waals surface area contributed by atoms with E-state index in [0.29, 0.717) is 17.2 Å². The predicted molar refractivity (Wildman–Crippen MR) is 227 cm³/mol. The molecule has 2 heterocycles. The molecule has 0 saturated carbocycles. The van der Waals surface area contributed by atoms with Gasteiger partial charge in [0.2, 0.25) is 0 Å². The third-order valence-corrected chi connectivity index (χ3v) is 14.0. The molecule has 0 fully saturated rings. The van der Waals surface area contributed by atoms with E-state index in [1.807, 2.05) is 91.0 Å². The van der Waals surface area contributed by atoms with Crippen LogP contribution in [-0.4, -0.2) is 4.57 Å². The highest BCUT2D eigenvalue weighted by Crippen LogP contribution is 2.53. The van der Waals surface area contributed by atoms with Crippen molar-refractivity contribution in [2.45, 2.75) is 0 Å². The maximum absolute atomic E-state index is 15.6. The molecule has 0 N–H and O–H groups in total. The predicted octanol–water partition coefficient (Wildman–Crippen LogP) is 12.3. The first-order chi connectivity index (χ1) is 27.1. The summed E-state index contributed by atoms with van der Waals surface area (Å²) in [6, 6.07) is 66.0. The topological polar surface area (TPSA) is 40.5 Å². The number of fused-ring (bicyclic) bond motifs is 9. The molecule has 0 unspecified atom stereocenters. The van der Waals surface area contributed by atoms with Crippen molar-refractivity contribution in [1.82, 2.24) is 4.57 Å². The van der Waals surface area contributed by atoms with E-state index < -0.39 is 7.14 Å². The molecule has 5 heteroatoms. The third kappa shape index (κ3) is 4.89. The fourth-order valence-electron chi connectivity index (χ4n) is 8.33. The van der Waals surface area contributed by atoms with Crippen LogP contribution in [0.4, 0.5) is 0 Å². The number of nitrogens with zero attached hydrogens (tertiary/aromatic N) is 1. The lowest BCUT2D eigenvalue weighted by Crippen LogP contribution is -2.24. The van der Waals surface area contributed by atoms with Gasteiger partial charge in [-0.2, -0.15) is 0 Å². The summed E-state index contributed by atoms with van der Waals surface area (Å²) in [4.78, 5) is 0. The zero-order valence-corrected chi connectivity index (χ0v) is 30.5. The van der Waals surface area contributed by atoms with Gasteiger partial charge < -0.3 is 18.6 Å². The Morgan fingerprint density at radius 1 is 0.400 bits per heavy atom. The van der Waals surface area contributed by atoms with Crippen LogP contribution in [0.15, 0.2) is 194 Å². The number of hydrogen-bond acceptors (Lipinski definition) is 3. The average Bonchev–Trinajstić information content (AvgIpc) is 3.59. The fourth-order valence-corrected chi connectivity index (χ4v) is 11.0. The second-order valence-electron chi connectivity index (χ2n) is 14.0. The summed E-state index contributed by atoms with van der Waals surface area (Å²) in [5, 5.41) is 8.69. The minimum absolute atomic E-state index is 0.678. The first-order valence-electron chi connectivity index (χ1n) is 18.4. The van der Waals surface area contributed by atoms with Crippen LogP contribution in [0.5, 0.6) is 23.0 Å². The number of ether oxygens (including phenoxy) is 2. The monoisotopic (exact) mass is 725 g/mol. The van der Waals surface area contributed by atoms with Crippen LogP contribution in [0.1, 0.15) is 0 Å². The molecular formula is C50H32NO3P. The van der Waals surface area contributed by atoms with Crippen LogP contribution in [-0.2, 0) is 4.57 Å². The molecule has 0 spiro atoms. The van der Waals surface area contributed by atoms with Gasteiger partial charge in [0.25, 0.3) is 0 Å². The van der Waals surface area contributed by atoms with Gasteiger partial charge in [-0.15, -0.1) is 0 Å². The summed E-state index contributed by atoms with van der Waals surface area (Å²) in [7, 11) is -3.22. The summed E-state index contributed by atoms with van der Waals surface area (Å²) >= 11 is 0. The van der Waals surface area contributed by atoms with Crippen molar-refractivity contribution in [2.24, 2.45) is 0 Å². The Labute approximate surface area is 317 Å². The second kappa shape index (κ2) is 12.3. The first-order valence-corrected chi connectivity index (χ1v) is 20.1. The molecular weight excluding hydrogens is 694 g/mol. The SMILES string of the molecule is O=P(c1ccccc1)(c1ccccc1)c1ccc2c(c1)c1cc(-c3cc4c(c5ccccc35)Oc3c(ccc5ccccc35)O4)ccc1n2-c1ccccc1.